The van der Waals surface area contributed by atoms with E-state index < -0.39 is 6.03 Å². The molecule has 0 aliphatic carbocycles. The van der Waals surface area contributed by atoms with Crippen molar-refractivity contribution in [2.75, 3.05) is 27.3 Å². The highest BCUT2D eigenvalue weighted by molar-refractivity contribution is 5.80. The van der Waals surface area contributed by atoms with Gasteiger partial charge in [-0.1, -0.05) is 12.1 Å². The van der Waals surface area contributed by atoms with E-state index >= 15 is 0 Å². The number of hydrogen-bond acceptors (Lipinski definition) is 4. The summed E-state index contributed by atoms with van der Waals surface area (Å²) in [5.74, 6) is 0.920. The standard InChI is InChI=1S/C16H23N3O4/c1-22-13-7-3-5-11(14(13)23-2)9-18-15(20)12-6-4-8-19(10-12)16(17)21/h3,5,7,12H,4,6,8-10H2,1-2H3,(H2,17,21)(H,18,20)/t12-/m0/s1. The molecule has 1 fully saturated rings. The number of rotatable bonds is 5. The predicted molar refractivity (Wildman–Crippen MR) is 85.3 cm³/mol. The minimum Gasteiger partial charge on any atom is -0.493 e. The van der Waals surface area contributed by atoms with Crippen LogP contribution in [0.3, 0.4) is 0 Å². The lowest BCUT2D eigenvalue weighted by molar-refractivity contribution is -0.126. The van der Waals surface area contributed by atoms with Crippen molar-refractivity contribution >= 4 is 11.9 Å². The SMILES string of the molecule is COc1cccc(CNC(=O)[C@H]2CCCN(C(N)=O)C2)c1OC. The Labute approximate surface area is 135 Å². The first kappa shape index (κ1) is 16.9. The normalized spacial score (nSPS) is 17.5. The van der Waals surface area contributed by atoms with Crippen LogP contribution in [0.5, 0.6) is 11.5 Å². The first-order valence-corrected chi connectivity index (χ1v) is 7.58. The summed E-state index contributed by atoms with van der Waals surface area (Å²) in [5, 5.41) is 2.90. The lowest BCUT2D eigenvalue weighted by atomic mass is 9.97. The third-order valence-corrected chi connectivity index (χ3v) is 4.04. The average Bonchev–Trinajstić information content (AvgIpc) is 2.59. The number of para-hydroxylation sites is 1. The number of carbonyl (C=O) groups is 2. The maximum Gasteiger partial charge on any atom is 0.314 e. The molecule has 1 aliphatic heterocycles. The number of methoxy groups -OCH3 is 2. The Morgan fingerprint density at radius 3 is 2.78 bits per heavy atom. The Morgan fingerprint density at radius 1 is 1.35 bits per heavy atom. The van der Waals surface area contributed by atoms with Gasteiger partial charge in [0.1, 0.15) is 0 Å². The minimum atomic E-state index is -0.475. The molecular weight excluding hydrogens is 298 g/mol. The van der Waals surface area contributed by atoms with E-state index in [1.165, 1.54) is 4.90 Å². The minimum absolute atomic E-state index is 0.0826. The maximum atomic E-state index is 12.3. The van der Waals surface area contributed by atoms with E-state index in [0.29, 0.717) is 31.1 Å². The Kier molecular flexibility index (Phi) is 5.67. The molecule has 1 heterocycles. The number of nitrogens with zero attached hydrogens (tertiary/aromatic N) is 1. The fourth-order valence-corrected chi connectivity index (χ4v) is 2.81. The number of nitrogens with two attached hydrogens (primary N) is 1. The quantitative estimate of drug-likeness (QED) is 0.849. The smallest absolute Gasteiger partial charge is 0.314 e. The van der Waals surface area contributed by atoms with E-state index in [9.17, 15) is 9.59 Å². The van der Waals surface area contributed by atoms with Gasteiger partial charge in [-0.05, 0) is 18.9 Å². The number of hydrogen-bond donors (Lipinski definition) is 2. The van der Waals surface area contributed by atoms with E-state index in [4.69, 9.17) is 15.2 Å². The van der Waals surface area contributed by atoms with Crippen LogP contribution in [-0.2, 0) is 11.3 Å². The summed E-state index contributed by atoms with van der Waals surface area (Å²) in [4.78, 5) is 25.1. The number of piperidine rings is 1. The molecule has 0 aromatic heterocycles. The molecule has 0 spiro atoms. The molecule has 0 bridgehead atoms. The van der Waals surface area contributed by atoms with Gasteiger partial charge in [0.05, 0.1) is 20.1 Å². The van der Waals surface area contributed by atoms with E-state index in [-0.39, 0.29) is 11.8 Å². The molecule has 7 nitrogen and oxygen atoms in total. The zero-order valence-corrected chi connectivity index (χ0v) is 13.5. The van der Waals surface area contributed by atoms with Crippen LogP contribution in [0.4, 0.5) is 4.79 Å². The van der Waals surface area contributed by atoms with E-state index in [1.807, 2.05) is 12.1 Å². The van der Waals surface area contributed by atoms with Gasteiger partial charge in [-0.2, -0.15) is 0 Å². The summed E-state index contributed by atoms with van der Waals surface area (Å²) in [7, 11) is 3.13. The third-order valence-electron chi connectivity index (χ3n) is 4.04. The number of carbonyl (C=O) groups excluding carboxylic acids is 2. The summed E-state index contributed by atoms with van der Waals surface area (Å²) in [6.45, 7) is 1.32. The van der Waals surface area contributed by atoms with Gasteiger partial charge in [0.25, 0.3) is 0 Å². The second-order valence-corrected chi connectivity index (χ2v) is 5.49. The monoisotopic (exact) mass is 321 g/mol. The van der Waals surface area contributed by atoms with Crippen molar-refractivity contribution in [3.05, 3.63) is 23.8 Å². The molecule has 1 atom stereocenters. The van der Waals surface area contributed by atoms with Crippen LogP contribution < -0.4 is 20.5 Å². The van der Waals surface area contributed by atoms with Gasteiger partial charge >= 0.3 is 6.03 Å². The fraction of sp³-hybridized carbons (Fsp3) is 0.500. The number of benzene rings is 1. The molecule has 1 aromatic carbocycles. The average molecular weight is 321 g/mol. The summed E-state index contributed by atoms with van der Waals surface area (Å²) >= 11 is 0. The molecular formula is C16H23N3O4. The van der Waals surface area contributed by atoms with Gasteiger partial charge in [0.15, 0.2) is 11.5 Å². The Morgan fingerprint density at radius 2 is 2.13 bits per heavy atom. The fourth-order valence-electron chi connectivity index (χ4n) is 2.81. The van der Waals surface area contributed by atoms with Crippen LogP contribution in [0, 0.1) is 5.92 Å². The van der Waals surface area contributed by atoms with Gasteiger partial charge < -0.3 is 25.4 Å². The van der Waals surface area contributed by atoms with Gasteiger partial charge in [-0.25, -0.2) is 4.79 Å². The van der Waals surface area contributed by atoms with E-state index in [2.05, 4.69) is 5.32 Å². The topological polar surface area (TPSA) is 93.9 Å². The zero-order chi connectivity index (χ0) is 16.8. The molecule has 0 radical (unpaired) electrons. The molecule has 0 saturated carbocycles. The summed E-state index contributed by atoms with van der Waals surface area (Å²) in [6.07, 6.45) is 1.54. The van der Waals surface area contributed by atoms with Crippen LogP contribution >= 0.6 is 0 Å². The second kappa shape index (κ2) is 7.71. The van der Waals surface area contributed by atoms with Crippen molar-refractivity contribution in [2.24, 2.45) is 11.7 Å². The van der Waals surface area contributed by atoms with Crippen molar-refractivity contribution in [3.8, 4) is 11.5 Å². The molecule has 2 rings (SSSR count). The lowest BCUT2D eigenvalue weighted by Gasteiger charge is -2.30. The first-order valence-electron chi connectivity index (χ1n) is 7.58. The number of ether oxygens (including phenoxy) is 2. The molecule has 7 heteroatoms. The number of likely N-dealkylation sites (tertiary alicyclic amines) is 1. The highest BCUT2D eigenvalue weighted by atomic mass is 16.5. The van der Waals surface area contributed by atoms with Crippen molar-refractivity contribution in [2.45, 2.75) is 19.4 Å². The zero-order valence-electron chi connectivity index (χ0n) is 13.5. The highest BCUT2D eigenvalue weighted by Crippen LogP contribution is 2.30. The third kappa shape index (κ3) is 4.06. The van der Waals surface area contributed by atoms with Crippen molar-refractivity contribution in [1.82, 2.24) is 10.2 Å². The molecule has 1 aliphatic rings. The molecule has 3 N–H and O–H groups in total. The number of nitrogens with one attached hydrogen (secondary N) is 1. The molecule has 126 valence electrons. The molecule has 23 heavy (non-hydrogen) atoms. The Bertz CT molecular complexity index is 576. The van der Waals surface area contributed by atoms with Crippen LogP contribution in [0.15, 0.2) is 18.2 Å². The van der Waals surface area contributed by atoms with Gasteiger partial charge in [0, 0.05) is 25.2 Å². The van der Waals surface area contributed by atoms with Gasteiger partial charge in [-0.3, -0.25) is 4.79 Å². The van der Waals surface area contributed by atoms with Crippen LogP contribution in [-0.4, -0.2) is 44.1 Å². The second-order valence-electron chi connectivity index (χ2n) is 5.49. The Hall–Kier alpha value is -2.44. The summed E-state index contributed by atoms with van der Waals surface area (Å²) < 4.78 is 10.6. The largest absolute Gasteiger partial charge is 0.493 e. The number of amides is 3. The molecule has 1 saturated heterocycles. The predicted octanol–water partition coefficient (Wildman–Crippen LogP) is 1.11. The molecule has 3 amide bonds. The summed E-state index contributed by atoms with van der Waals surface area (Å²) in [6, 6.07) is 5.05. The van der Waals surface area contributed by atoms with Gasteiger partial charge in [0.2, 0.25) is 5.91 Å². The number of urea groups is 1. The van der Waals surface area contributed by atoms with Crippen LogP contribution in [0.1, 0.15) is 18.4 Å². The lowest BCUT2D eigenvalue weighted by Crippen LogP contribution is -2.47. The van der Waals surface area contributed by atoms with E-state index in [1.54, 1.807) is 20.3 Å². The van der Waals surface area contributed by atoms with Crippen molar-refractivity contribution < 1.29 is 19.1 Å². The molecule has 1 aromatic rings. The highest BCUT2D eigenvalue weighted by Gasteiger charge is 2.27. The van der Waals surface area contributed by atoms with Crippen molar-refractivity contribution in [1.29, 1.82) is 0 Å². The maximum absolute atomic E-state index is 12.3. The number of primary amides is 1. The first-order chi connectivity index (χ1) is 11.1. The van der Waals surface area contributed by atoms with Crippen LogP contribution in [0.2, 0.25) is 0 Å². The molecule has 0 unspecified atom stereocenters. The van der Waals surface area contributed by atoms with Crippen molar-refractivity contribution in [3.63, 3.8) is 0 Å². The van der Waals surface area contributed by atoms with Gasteiger partial charge in [-0.15, -0.1) is 0 Å². The van der Waals surface area contributed by atoms with E-state index in [0.717, 1.165) is 18.4 Å². The summed E-state index contributed by atoms with van der Waals surface area (Å²) in [5.41, 5.74) is 6.13. The Balaban J connectivity index is 1.98. The van der Waals surface area contributed by atoms with Crippen LogP contribution in [0.25, 0.3) is 0 Å².